The first-order valence-corrected chi connectivity index (χ1v) is 5.81. The van der Waals surface area contributed by atoms with Gasteiger partial charge in [-0.25, -0.2) is 0 Å². The smallest absolute Gasteiger partial charge is 0.272 e. The number of anilines is 1. The molecule has 94 valence electrons. The largest absolute Gasteiger partial charge is 0.380 e. The van der Waals surface area contributed by atoms with Gasteiger partial charge in [0.2, 0.25) is 0 Å². The van der Waals surface area contributed by atoms with Crippen LogP contribution in [0.4, 0.5) is 5.69 Å². The zero-order chi connectivity index (χ0) is 13.1. The first kappa shape index (κ1) is 13.5. The Morgan fingerprint density at radius 1 is 1.47 bits per heavy atom. The summed E-state index contributed by atoms with van der Waals surface area (Å²) in [4.78, 5) is 17.4. The van der Waals surface area contributed by atoms with Crippen molar-refractivity contribution in [2.75, 3.05) is 19.4 Å². The van der Waals surface area contributed by atoms with Crippen molar-refractivity contribution in [2.24, 2.45) is 0 Å². The topological polar surface area (TPSA) is 45.2 Å². The van der Waals surface area contributed by atoms with Gasteiger partial charge in [-0.15, -0.1) is 0 Å². The molecule has 0 unspecified atom stereocenters. The van der Waals surface area contributed by atoms with Crippen LogP contribution >= 0.6 is 0 Å². The summed E-state index contributed by atoms with van der Waals surface area (Å²) < 4.78 is 0. The standard InChI is InChI=1S/C13H21N3O/c1-6-13(2,3)15-10-7-8-14-11(9-10)12(17)16(4)5/h7-9H,6H2,1-5H3,(H,14,15). The third kappa shape index (κ3) is 3.73. The Hall–Kier alpha value is -1.58. The maximum absolute atomic E-state index is 11.8. The molecule has 0 fully saturated rings. The van der Waals surface area contributed by atoms with Crippen LogP contribution in [0.5, 0.6) is 0 Å². The fraction of sp³-hybridized carbons (Fsp3) is 0.538. The van der Waals surface area contributed by atoms with Gasteiger partial charge in [0, 0.05) is 31.5 Å². The normalized spacial score (nSPS) is 11.1. The Morgan fingerprint density at radius 3 is 2.65 bits per heavy atom. The molecular weight excluding hydrogens is 214 g/mol. The molecule has 0 atom stereocenters. The molecule has 0 aliphatic rings. The predicted octanol–water partition coefficient (Wildman–Crippen LogP) is 2.38. The molecule has 0 saturated heterocycles. The number of amides is 1. The van der Waals surface area contributed by atoms with E-state index in [4.69, 9.17) is 0 Å². The quantitative estimate of drug-likeness (QED) is 0.871. The number of hydrogen-bond donors (Lipinski definition) is 1. The summed E-state index contributed by atoms with van der Waals surface area (Å²) in [6.45, 7) is 6.38. The molecule has 0 aliphatic heterocycles. The lowest BCUT2D eigenvalue weighted by molar-refractivity contribution is 0.0822. The molecule has 0 spiro atoms. The van der Waals surface area contributed by atoms with Crippen molar-refractivity contribution < 1.29 is 4.79 Å². The van der Waals surface area contributed by atoms with E-state index in [1.165, 1.54) is 4.90 Å². The third-order valence-electron chi connectivity index (χ3n) is 2.75. The summed E-state index contributed by atoms with van der Waals surface area (Å²) in [6.07, 6.45) is 2.66. The van der Waals surface area contributed by atoms with Crippen LogP contribution in [0.3, 0.4) is 0 Å². The molecule has 0 aliphatic carbocycles. The van der Waals surface area contributed by atoms with Gasteiger partial charge in [-0.3, -0.25) is 9.78 Å². The number of pyridine rings is 1. The number of aromatic nitrogens is 1. The molecule has 1 rings (SSSR count). The summed E-state index contributed by atoms with van der Waals surface area (Å²) in [5.41, 5.74) is 1.41. The molecule has 1 heterocycles. The molecule has 0 radical (unpaired) electrons. The molecule has 0 bridgehead atoms. The van der Waals surface area contributed by atoms with Gasteiger partial charge in [0.25, 0.3) is 5.91 Å². The Bertz CT molecular complexity index is 399. The fourth-order valence-electron chi connectivity index (χ4n) is 1.33. The van der Waals surface area contributed by atoms with Crippen molar-refractivity contribution in [3.8, 4) is 0 Å². The minimum atomic E-state index is -0.0806. The predicted molar refractivity (Wildman–Crippen MR) is 70.2 cm³/mol. The van der Waals surface area contributed by atoms with Crippen LogP contribution in [-0.4, -0.2) is 35.4 Å². The monoisotopic (exact) mass is 235 g/mol. The van der Waals surface area contributed by atoms with E-state index in [2.05, 4.69) is 31.1 Å². The van der Waals surface area contributed by atoms with E-state index in [1.807, 2.05) is 6.07 Å². The Balaban J connectivity index is 2.90. The second-order valence-electron chi connectivity index (χ2n) is 4.99. The molecule has 17 heavy (non-hydrogen) atoms. The highest BCUT2D eigenvalue weighted by Crippen LogP contribution is 2.18. The van der Waals surface area contributed by atoms with E-state index < -0.39 is 0 Å². The summed E-state index contributed by atoms with van der Waals surface area (Å²) in [7, 11) is 3.44. The highest BCUT2D eigenvalue weighted by molar-refractivity contribution is 5.92. The lowest BCUT2D eigenvalue weighted by atomic mass is 10.0. The fourth-order valence-corrected chi connectivity index (χ4v) is 1.33. The van der Waals surface area contributed by atoms with Crippen LogP contribution in [-0.2, 0) is 0 Å². The molecule has 0 aromatic carbocycles. The lowest BCUT2D eigenvalue weighted by Crippen LogP contribution is -2.30. The zero-order valence-corrected chi connectivity index (χ0v) is 11.2. The second kappa shape index (κ2) is 5.17. The maximum Gasteiger partial charge on any atom is 0.272 e. The van der Waals surface area contributed by atoms with E-state index in [1.54, 1.807) is 26.4 Å². The van der Waals surface area contributed by atoms with Gasteiger partial charge in [-0.2, -0.15) is 0 Å². The first-order chi connectivity index (χ1) is 7.85. The van der Waals surface area contributed by atoms with Crippen LogP contribution < -0.4 is 5.32 Å². The van der Waals surface area contributed by atoms with Crippen molar-refractivity contribution in [3.05, 3.63) is 24.0 Å². The van der Waals surface area contributed by atoms with E-state index in [9.17, 15) is 4.79 Å². The minimum Gasteiger partial charge on any atom is -0.380 e. The summed E-state index contributed by atoms with van der Waals surface area (Å²) >= 11 is 0. The summed E-state index contributed by atoms with van der Waals surface area (Å²) in [5, 5.41) is 3.39. The van der Waals surface area contributed by atoms with E-state index in [-0.39, 0.29) is 11.4 Å². The Morgan fingerprint density at radius 2 is 2.12 bits per heavy atom. The van der Waals surface area contributed by atoms with Gasteiger partial charge in [-0.1, -0.05) is 6.92 Å². The molecule has 4 heteroatoms. The Labute approximate surface area is 103 Å². The highest BCUT2D eigenvalue weighted by Gasteiger charge is 2.16. The van der Waals surface area contributed by atoms with Crippen LogP contribution in [0.25, 0.3) is 0 Å². The van der Waals surface area contributed by atoms with Gasteiger partial charge in [0.15, 0.2) is 0 Å². The van der Waals surface area contributed by atoms with Crippen molar-refractivity contribution in [2.45, 2.75) is 32.7 Å². The SMILES string of the molecule is CCC(C)(C)Nc1ccnc(C(=O)N(C)C)c1. The Kier molecular flexibility index (Phi) is 4.10. The summed E-state index contributed by atoms with van der Waals surface area (Å²) in [6, 6.07) is 3.67. The lowest BCUT2D eigenvalue weighted by Gasteiger charge is -2.26. The number of nitrogens with zero attached hydrogens (tertiary/aromatic N) is 2. The van der Waals surface area contributed by atoms with Gasteiger partial charge in [0.05, 0.1) is 0 Å². The first-order valence-electron chi connectivity index (χ1n) is 5.81. The number of nitrogens with one attached hydrogen (secondary N) is 1. The minimum absolute atomic E-state index is 0.0137. The third-order valence-corrected chi connectivity index (χ3v) is 2.75. The van der Waals surface area contributed by atoms with E-state index in [0.717, 1.165) is 12.1 Å². The number of hydrogen-bond acceptors (Lipinski definition) is 3. The van der Waals surface area contributed by atoms with Crippen molar-refractivity contribution in [3.63, 3.8) is 0 Å². The molecule has 1 aromatic rings. The molecule has 4 nitrogen and oxygen atoms in total. The zero-order valence-electron chi connectivity index (χ0n) is 11.2. The molecule has 1 N–H and O–H groups in total. The molecule has 0 saturated carbocycles. The number of carbonyl (C=O) groups excluding carboxylic acids is 1. The van der Waals surface area contributed by atoms with Gasteiger partial charge in [0.1, 0.15) is 5.69 Å². The van der Waals surface area contributed by atoms with Crippen molar-refractivity contribution >= 4 is 11.6 Å². The summed E-state index contributed by atoms with van der Waals surface area (Å²) in [5.74, 6) is -0.0806. The van der Waals surface area contributed by atoms with Crippen molar-refractivity contribution in [1.82, 2.24) is 9.88 Å². The van der Waals surface area contributed by atoms with E-state index in [0.29, 0.717) is 5.69 Å². The highest BCUT2D eigenvalue weighted by atomic mass is 16.2. The van der Waals surface area contributed by atoms with Crippen LogP contribution in [0, 0.1) is 0 Å². The van der Waals surface area contributed by atoms with Crippen LogP contribution in [0.15, 0.2) is 18.3 Å². The second-order valence-corrected chi connectivity index (χ2v) is 4.99. The van der Waals surface area contributed by atoms with Crippen molar-refractivity contribution in [1.29, 1.82) is 0 Å². The molecule has 1 aromatic heterocycles. The molecular formula is C13H21N3O. The maximum atomic E-state index is 11.8. The molecule has 1 amide bonds. The average molecular weight is 235 g/mol. The average Bonchev–Trinajstić information content (AvgIpc) is 2.27. The van der Waals surface area contributed by atoms with Crippen LogP contribution in [0.2, 0.25) is 0 Å². The number of rotatable bonds is 4. The number of carbonyl (C=O) groups is 1. The van der Waals surface area contributed by atoms with Gasteiger partial charge >= 0.3 is 0 Å². The van der Waals surface area contributed by atoms with Gasteiger partial charge < -0.3 is 10.2 Å². The van der Waals surface area contributed by atoms with Gasteiger partial charge in [-0.05, 0) is 32.4 Å². The van der Waals surface area contributed by atoms with E-state index >= 15 is 0 Å². The van der Waals surface area contributed by atoms with Crippen LogP contribution in [0.1, 0.15) is 37.7 Å².